The number of nitrogens with zero attached hydrogens (tertiary/aromatic N) is 1. The van der Waals surface area contributed by atoms with E-state index in [9.17, 15) is 4.79 Å². The van der Waals surface area contributed by atoms with Gasteiger partial charge in [0.15, 0.2) is 0 Å². The first-order valence-electron chi connectivity index (χ1n) is 5.76. The molecule has 0 radical (unpaired) electrons. The van der Waals surface area contributed by atoms with Crippen LogP contribution in [0.15, 0.2) is 18.2 Å². The van der Waals surface area contributed by atoms with Crippen molar-refractivity contribution in [2.24, 2.45) is 5.92 Å². The minimum Gasteiger partial charge on any atom is -0.398 e. The van der Waals surface area contributed by atoms with Gasteiger partial charge in [-0.15, -0.1) is 0 Å². The first kappa shape index (κ1) is 13.8. The van der Waals surface area contributed by atoms with Gasteiger partial charge in [-0.1, -0.05) is 31.9 Å². The molecule has 0 spiro atoms. The fraction of sp³-hybridized carbons (Fsp3) is 0.462. The van der Waals surface area contributed by atoms with Crippen LogP contribution in [-0.2, 0) is 0 Å². The molecular weight excluding hydrogens is 236 g/mol. The van der Waals surface area contributed by atoms with E-state index in [0.717, 1.165) is 13.0 Å². The number of nitrogen functional groups attached to an aromatic ring is 1. The van der Waals surface area contributed by atoms with Crippen LogP contribution >= 0.6 is 11.6 Å². The summed E-state index contributed by atoms with van der Waals surface area (Å²) in [5.74, 6) is 0.398. The molecule has 1 aromatic rings. The van der Waals surface area contributed by atoms with Crippen LogP contribution in [0.25, 0.3) is 0 Å². The molecule has 4 heteroatoms. The molecule has 0 saturated carbocycles. The summed E-state index contributed by atoms with van der Waals surface area (Å²) in [5, 5.41) is 0.527. The van der Waals surface area contributed by atoms with E-state index in [1.165, 1.54) is 0 Å². The van der Waals surface area contributed by atoms with E-state index < -0.39 is 0 Å². The van der Waals surface area contributed by atoms with Gasteiger partial charge in [-0.25, -0.2) is 0 Å². The molecule has 0 aromatic heterocycles. The van der Waals surface area contributed by atoms with E-state index in [4.69, 9.17) is 17.3 Å². The number of carbonyl (C=O) groups is 1. The van der Waals surface area contributed by atoms with E-state index in [1.807, 2.05) is 0 Å². The number of hydrogen-bond acceptors (Lipinski definition) is 2. The fourth-order valence-corrected chi connectivity index (χ4v) is 1.77. The lowest BCUT2D eigenvalue weighted by Crippen LogP contribution is -2.31. The second kappa shape index (κ2) is 5.92. The molecule has 0 aliphatic heterocycles. The summed E-state index contributed by atoms with van der Waals surface area (Å²) >= 11 is 5.87. The monoisotopic (exact) mass is 254 g/mol. The molecule has 3 nitrogen and oxygen atoms in total. The summed E-state index contributed by atoms with van der Waals surface area (Å²) in [7, 11) is 1.79. The highest BCUT2D eigenvalue weighted by atomic mass is 35.5. The van der Waals surface area contributed by atoms with Crippen LogP contribution in [0.1, 0.15) is 30.6 Å². The van der Waals surface area contributed by atoms with Crippen molar-refractivity contribution in [1.82, 2.24) is 4.90 Å². The van der Waals surface area contributed by atoms with E-state index in [-0.39, 0.29) is 5.91 Å². The number of nitrogens with two attached hydrogens (primary N) is 1. The molecule has 1 amide bonds. The van der Waals surface area contributed by atoms with Crippen molar-refractivity contribution in [3.8, 4) is 0 Å². The first-order chi connectivity index (χ1) is 7.95. The third-order valence-corrected chi connectivity index (χ3v) is 3.11. The largest absolute Gasteiger partial charge is 0.398 e. The van der Waals surface area contributed by atoms with Gasteiger partial charge in [0.1, 0.15) is 0 Å². The SMILES string of the molecule is CCC(C)CN(C)C(=O)c1cc(Cl)ccc1N. The summed E-state index contributed by atoms with van der Waals surface area (Å²) in [6.07, 6.45) is 1.04. The van der Waals surface area contributed by atoms with Crippen molar-refractivity contribution in [1.29, 1.82) is 0 Å². The summed E-state index contributed by atoms with van der Waals surface area (Å²) in [6.45, 7) is 4.95. The van der Waals surface area contributed by atoms with Gasteiger partial charge in [-0.3, -0.25) is 4.79 Å². The van der Waals surface area contributed by atoms with Crippen LogP contribution in [-0.4, -0.2) is 24.4 Å². The van der Waals surface area contributed by atoms with Crippen molar-refractivity contribution in [3.63, 3.8) is 0 Å². The van der Waals surface area contributed by atoms with Gasteiger partial charge in [0.25, 0.3) is 5.91 Å². The predicted octanol–water partition coefficient (Wildman–Crippen LogP) is 3.04. The second-order valence-electron chi connectivity index (χ2n) is 4.43. The first-order valence-corrected chi connectivity index (χ1v) is 6.14. The van der Waals surface area contributed by atoms with Crippen molar-refractivity contribution in [3.05, 3.63) is 28.8 Å². The third-order valence-electron chi connectivity index (χ3n) is 2.87. The molecule has 1 atom stereocenters. The van der Waals surface area contributed by atoms with Crippen molar-refractivity contribution in [2.75, 3.05) is 19.3 Å². The number of benzene rings is 1. The lowest BCUT2D eigenvalue weighted by molar-refractivity contribution is 0.0776. The van der Waals surface area contributed by atoms with Crippen molar-refractivity contribution >= 4 is 23.2 Å². The van der Waals surface area contributed by atoms with Crippen LogP contribution in [0.5, 0.6) is 0 Å². The molecular formula is C13H19ClN2O. The van der Waals surface area contributed by atoms with Crippen molar-refractivity contribution < 1.29 is 4.79 Å². The maximum atomic E-state index is 12.2. The van der Waals surface area contributed by atoms with E-state index in [2.05, 4.69) is 13.8 Å². The molecule has 94 valence electrons. The highest BCUT2D eigenvalue weighted by molar-refractivity contribution is 6.31. The lowest BCUT2D eigenvalue weighted by atomic mass is 10.1. The summed E-state index contributed by atoms with van der Waals surface area (Å²) in [5.41, 5.74) is 6.73. The number of hydrogen-bond donors (Lipinski definition) is 1. The minimum atomic E-state index is -0.0784. The molecule has 1 aromatic carbocycles. The van der Waals surface area contributed by atoms with Gasteiger partial charge in [0.05, 0.1) is 5.56 Å². The molecule has 0 aliphatic carbocycles. The maximum absolute atomic E-state index is 12.2. The molecule has 0 fully saturated rings. The van der Waals surface area contributed by atoms with Crippen molar-refractivity contribution in [2.45, 2.75) is 20.3 Å². The Hall–Kier alpha value is -1.22. The highest BCUT2D eigenvalue weighted by Crippen LogP contribution is 2.19. The third kappa shape index (κ3) is 3.63. The molecule has 0 saturated heterocycles. The van der Waals surface area contributed by atoms with Crippen LogP contribution in [0.4, 0.5) is 5.69 Å². The molecule has 2 N–H and O–H groups in total. The fourth-order valence-electron chi connectivity index (χ4n) is 1.60. The Kier molecular flexibility index (Phi) is 4.82. The maximum Gasteiger partial charge on any atom is 0.255 e. The Morgan fingerprint density at radius 3 is 2.76 bits per heavy atom. The molecule has 0 bridgehead atoms. The zero-order valence-corrected chi connectivity index (χ0v) is 11.3. The van der Waals surface area contributed by atoms with Crippen LogP contribution in [0, 0.1) is 5.92 Å². The van der Waals surface area contributed by atoms with Crippen LogP contribution in [0.3, 0.4) is 0 Å². The quantitative estimate of drug-likeness (QED) is 0.840. The summed E-state index contributed by atoms with van der Waals surface area (Å²) in [6, 6.07) is 4.96. The van der Waals surface area contributed by atoms with Gasteiger partial charge < -0.3 is 10.6 Å². The molecule has 1 rings (SSSR count). The normalized spacial score (nSPS) is 12.2. The average Bonchev–Trinajstić information content (AvgIpc) is 2.31. The number of halogens is 1. The van der Waals surface area contributed by atoms with Gasteiger partial charge in [-0.05, 0) is 24.1 Å². The van der Waals surface area contributed by atoms with E-state index in [0.29, 0.717) is 22.2 Å². The molecule has 0 heterocycles. The zero-order valence-electron chi connectivity index (χ0n) is 10.5. The Balaban J connectivity index is 2.85. The Morgan fingerprint density at radius 2 is 2.18 bits per heavy atom. The summed E-state index contributed by atoms with van der Waals surface area (Å²) in [4.78, 5) is 13.8. The minimum absolute atomic E-state index is 0.0784. The summed E-state index contributed by atoms with van der Waals surface area (Å²) < 4.78 is 0. The smallest absolute Gasteiger partial charge is 0.255 e. The molecule has 1 unspecified atom stereocenters. The molecule has 0 aliphatic rings. The Morgan fingerprint density at radius 1 is 1.53 bits per heavy atom. The average molecular weight is 255 g/mol. The van der Waals surface area contributed by atoms with E-state index in [1.54, 1.807) is 30.1 Å². The number of carbonyl (C=O) groups excluding carboxylic acids is 1. The van der Waals surface area contributed by atoms with Crippen LogP contribution < -0.4 is 5.73 Å². The van der Waals surface area contributed by atoms with Gasteiger partial charge in [0, 0.05) is 24.3 Å². The van der Waals surface area contributed by atoms with Crippen LogP contribution in [0.2, 0.25) is 5.02 Å². The van der Waals surface area contributed by atoms with Gasteiger partial charge >= 0.3 is 0 Å². The number of amides is 1. The second-order valence-corrected chi connectivity index (χ2v) is 4.87. The Bertz CT molecular complexity index is 406. The standard InChI is InChI=1S/C13H19ClN2O/c1-4-9(2)8-16(3)13(17)11-7-10(14)5-6-12(11)15/h5-7,9H,4,8,15H2,1-3H3. The number of anilines is 1. The molecule has 17 heavy (non-hydrogen) atoms. The van der Waals surface area contributed by atoms with Gasteiger partial charge in [-0.2, -0.15) is 0 Å². The lowest BCUT2D eigenvalue weighted by Gasteiger charge is -2.21. The predicted molar refractivity (Wildman–Crippen MR) is 72.3 cm³/mol. The topological polar surface area (TPSA) is 46.3 Å². The highest BCUT2D eigenvalue weighted by Gasteiger charge is 2.16. The van der Waals surface area contributed by atoms with E-state index >= 15 is 0 Å². The number of rotatable bonds is 4. The zero-order chi connectivity index (χ0) is 13.0. The van der Waals surface area contributed by atoms with Gasteiger partial charge in [0.2, 0.25) is 0 Å². The Labute approximate surface area is 108 Å².